The minimum absolute atomic E-state index is 0.548. The van der Waals surface area contributed by atoms with Gasteiger partial charge in [0.2, 0.25) is 0 Å². The normalized spacial score (nSPS) is 11.6. The highest BCUT2D eigenvalue weighted by Gasteiger charge is 2.04. The van der Waals surface area contributed by atoms with Gasteiger partial charge >= 0.3 is 0 Å². The van der Waals surface area contributed by atoms with Crippen LogP contribution in [-0.2, 0) is 6.61 Å². The van der Waals surface area contributed by atoms with E-state index in [4.69, 9.17) is 9.94 Å². The van der Waals surface area contributed by atoms with E-state index in [-0.39, 0.29) is 0 Å². The molecule has 3 nitrogen and oxygen atoms in total. The second kappa shape index (κ2) is 6.73. The Bertz CT molecular complexity index is 563. The molecule has 0 aliphatic heterocycles. The van der Waals surface area contributed by atoms with Crippen molar-refractivity contribution in [1.82, 2.24) is 0 Å². The Hall–Kier alpha value is -1.33. The molecule has 0 spiro atoms. The highest BCUT2D eigenvalue weighted by atomic mass is 79.9. The second-order valence-corrected chi connectivity index (χ2v) is 5.76. The van der Waals surface area contributed by atoms with Gasteiger partial charge in [-0.2, -0.15) is 0 Å². The van der Waals surface area contributed by atoms with Crippen LogP contribution in [0.1, 0.15) is 23.8 Å². The lowest BCUT2D eigenvalue weighted by Crippen LogP contribution is -1.99. The van der Waals surface area contributed by atoms with E-state index in [1.165, 1.54) is 0 Å². The maximum atomic E-state index is 8.86. The summed E-state index contributed by atoms with van der Waals surface area (Å²) in [5.41, 5.74) is 1.59. The fourth-order valence-electron chi connectivity index (χ4n) is 1.65. The first-order chi connectivity index (χ1) is 9.24. The zero-order valence-electron chi connectivity index (χ0n) is 10.5. The number of nitrogens with zero attached hydrogens (tertiary/aromatic N) is 1. The number of ether oxygens (including phenoxy) is 1. The molecule has 0 fully saturated rings. The molecule has 1 N–H and O–H groups in total. The monoisotopic (exact) mass is 339 g/mol. The van der Waals surface area contributed by atoms with E-state index >= 15 is 0 Å². The summed E-state index contributed by atoms with van der Waals surface area (Å²) in [7, 11) is 0. The minimum atomic E-state index is 0.548. The fourth-order valence-corrected chi connectivity index (χ4v) is 3.03. The van der Waals surface area contributed by atoms with Gasteiger partial charge in [0.05, 0.1) is 10.6 Å². The van der Waals surface area contributed by atoms with Crippen LogP contribution in [0.15, 0.2) is 45.3 Å². The number of hydrogen-bond acceptors (Lipinski definition) is 4. The Kier molecular flexibility index (Phi) is 4.99. The lowest BCUT2D eigenvalue weighted by molar-refractivity contribution is 0.309. The van der Waals surface area contributed by atoms with Crippen LogP contribution in [0.25, 0.3) is 0 Å². The van der Waals surface area contributed by atoms with Gasteiger partial charge in [-0.25, -0.2) is 0 Å². The zero-order chi connectivity index (χ0) is 13.7. The van der Waals surface area contributed by atoms with Gasteiger partial charge < -0.3 is 9.94 Å². The molecule has 0 atom stereocenters. The summed E-state index contributed by atoms with van der Waals surface area (Å²) in [6, 6.07) is 9.59. The van der Waals surface area contributed by atoms with Gasteiger partial charge in [0.1, 0.15) is 12.4 Å². The van der Waals surface area contributed by atoms with Crippen molar-refractivity contribution in [2.45, 2.75) is 20.0 Å². The average Bonchev–Trinajstić information content (AvgIpc) is 2.85. The SMILES string of the molecule is CCC(=NO)c1ccc(OCc2sccc2Br)cc1. The molecule has 19 heavy (non-hydrogen) atoms. The summed E-state index contributed by atoms with van der Waals surface area (Å²) in [5, 5.41) is 14.2. The van der Waals surface area contributed by atoms with Crippen molar-refractivity contribution in [3.05, 3.63) is 50.6 Å². The van der Waals surface area contributed by atoms with Crippen LogP contribution in [0.3, 0.4) is 0 Å². The summed E-state index contributed by atoms with van der Waals surface area (Å²) in [6.45, 7) is 2.50. The van der Waals surface area contributed by atoms with Gasteiger partial charge in [-0.1, -0.05) is 12.1 Å². The van der Waals surface area contributed by atoms with Crippen molar-refractivity contribution in [2.24, 2.45) is 5.16 Å². The predicted octanol–water partition coefficient (Wildman–Crippen LogP) is 4.68. The Morgan fingerprint density at radius 2 is 2.05 bits per heavy atom. The molecular weight excluding hydrogens is 326 g/mol. The third-order valence-electron chi connectivity index (χ3n) is 2.70. The van der Waals surface area contributed by atoms with E-state index < -0.39 is 0 Å². The Morgan fingerprint density at radius 3 is 2.58 bits per heavy atom. The first kappa shape index (κ1) is 14.1. The lowest BCUT2D eigenvalue weighted by Gasteiger charge is -2.07. The molecule has 0 amide bonds. The van der Waals surface area contributed by atoms with Crippen molar-refractivity contribution >= 4 is 33.0 Å². The van der Waals surface area contributed by atoms with Crippen molar-refractivity contribution in [1.29, 1.82) is 0 Å². The van der Waals surface area contributed by atoms with Crippen LogP contribution >= 0.6 is 27.3 Å². The smallest absolute Gasteiger partial charge is 0.124 e. The molecule has 0 aliphatic carbocycles. The van der Waals surface area contributed by atoms with E-state index in [0.717, 1.165) is 20.7 Å². The number of hydrogen-bond donors (Lipinski definition) is 1. The van der Waals surface area contributed by atoms with Crippen LogP contribution < -0.4 is 4.74 Å². The molecule has 1 aromatic carbocycles. The molecular formula is C14H14BrNO2S. The largest absolute Gasteiger partial charge is 0.488 e. The van der Waals surface area contributed by atoms with Crippen molar-refractivity contribution in [3.63, 3.8) is 0 Å². The van der Waals surface area contributed by atoms with Crippen molar-refractivity contribution in [2.75, 3.05) is 0 Å². The molecule has 2 rings (SSSR count). The van der Waals surface area contributed by atoms with Gasteiger partial charge in [-0.05, 0) is 63.6 Å². The van der Waals surface area contributed by atoms with Crippen LogP contribution in [0.5, 0.6) is 5.75 Å². The van der Waals surface area contributed by atoms with Crippen LogP contribution in [0, 0.1) is 0 Å². The molecule has 2 aromatic rings. The first-order valence-electron chi connectivity index (χ1n) is 5.90. The Labute approximate surface area is 124 Å². The molecule has 0 bridgehead atoms. The number of benzene rings is 1. The van der Waals surface area contributed by atoms with Gasteiger partial charge in [0, 0.05) is 4.47 Å². The van der Waals surface area contributed by atoms with Gasteiger partial charge in [0.15, 0.2) is 0 Å². The van der Waals surface area contributed by atoms with Gasteiger partial charge in [-0.3, -0.25) is 0 Å². The third kappa shape index (κ3) is 3.58. The summed E-state index contributed by atoms with van der Waals surface area (Å²) >= 11 is 5.14. The maximum absolute atomic E-state index is 8.86. The summed E-state index contributed by atoms with van der Waals surface area (Å²) in [6.07, 6.45) is 0.693. The second-order valence-electron chi connectivity index (χ2n) is 3.91. The minimum Gasteiger partial charge on any atom is -0.488 e. The molecule has 1 aromatic heterocycles. The maximum Gasteiger partial charge on any atom is 0.124 e. The van der Waals surface area contributed by atoms with E-state index in [0.29, 0.717) is 18.7 Å². The highest BCUT2D eigenvalue weighted by Crippen LogP contribution is 2.24. The standard InChI is InChI=1S/C14H14BrNO2S/c1-2-13(16-17)10-3-5-11(6-4-10)18-9-14-12(15)7-8-19-14/h3-8,17H,2,9H2,1H3. The van der Waals surface area contributed by atoms with Crippen LogP contribution in [-0.4, -0.2) is 10.9 Å². The van der Waals surface area contributed by atoms with Crippen LogP contribution in [0.2, 0.25) is 0 Å². The molecule has 0 radical (unpaired) electrons. The average molecular weight is 340 g/mol. The number of halogens is 1. The highest BCUT2D eigenvalue weighted by molar-refractivity contribution is 9.10. The Balaban J connectivity index is 2.01. The molecule has 0 saturated carbocycles. The van der Waals surface area contributed by atoms with E-state index in [2.05, 4.69) is 21.1 Å². The van der Waals surface area contributed by atoms with Crippen LogP contribution in [0.4, 0.5) is 0 Å². The topological polar surface area (TPSA) is 41.8 Å². The van der Waals surface area contributed by atoms with Crippen molar-refractivity contribution < 1.29 is 9.94 Å². The molecule has 0 saturated heterocycles. The Morgan fingerprint density at radius 1 is 1.32 bits per heavy atom. The molecule has 1 heterocycles. The molecule has 5 heteroatoms. The third-order valence-corrected chi connectivity index (χ3v) is 4.60. The number of rotatable bonds is 5. The fraction of sp³-hybridized carbons (Fsp3) is 0.214. The predicted molar refractivity (Wildman–Crippen MR) is 81.4 cm³/mol. The summed E-state index contributed by atoms with van der Waals surface area (Å²) < 4.78 is 6.79. The van der Waals surface area contributed by atoms with Crippen molar-refractivity contribution in [3.8, 4) is 5.75 Å². The number of thiophene rings is 1. The van der Waals surface area contributed by atoms with Gasteiger partial charge in [0.25, 0.3) is 0 Å². The number of oxime groups is 1. The molecule has 100 valence electrons. The van der Waals surface area contributed by atoms with Gasteiger partial charge in [-0.15, -0.1) is 11.3 Å². The van der Waals surface area contributed by atoms with E-state index in [9.17, 15) is 0 Å². The molecule has 0 aliphatic rings. The van der Waals surface area contributed by atoms with E-state index in [1.807, 2.05) is 42.6 Å². The van der Waals surface area contributed by atoms with E-state index in [1.54, 1.807) is 11.3 Å². The summed E-state index contributed by atoms with van der Waals surface area (Å²) in [4.78, 5) is 1.16. The molecule has 0 unspecified atom stereocenters. The lowest BCUT2D eigenvalue weighted by atomic mass is 10.1. The first-order valence-corrected chi connectivity index (χ1v) is 7.58. The quantitative estimate of drug-likeness (QED) is 0.488. The summed E-state index contributed by atoms with van der Waals surface area (Å²) in [5.74, 6) is 0.803. The zero-order valence-corrected chi connectivity index (χ0v) is 12.9.